The number of benzene rings is 1. The summed E-state index contributed by atoms with van der Waals surface area (Å²) in [7, 11) is 0. The largest absolute Gasteiger partial charge is 0.378 e. The Bertz CT molecular complexity index is 1180. The fourth-order valence-corrected chi connectivity index (χ4v) is 4.65. The van der Waals surface area contributed by atoms with Crippen LogP contribution in [0.4, 0.5) is 11.1 Å². The highest BCUT2D eigenvalue weighted by molar-refractivity contribution is 7.14. The predicted molar refractivity (Wildman–Crippen MR) is 136 cm³/mol. The number of carbonyl (C=O) groups excluding carboxylic acids is 1. The van der Waals surface area contributed by atoms with E-state index in [-0.39, 0.29) is 17.9 Å². The molecule has 0 spiro atoms. The van der Waals surface area contributed by atoms with E-state index in [2.05, 4.69) is 58.4 Å². The van der Waals surface area contributed by atoms with E-state index in [1.807, 2.05) is 17.2 Å². The minimum Gasteiger partial charge on any atom is -0.378 e. The molecule has 180 valence electrons. The number of morpholine rings is 1. The van der Waals surface area contributed by atoms with Crippen molar-refractivity contribution in [2.45, 2.75) is 46.0 Å². The molecule has 1 aliphatic heterocycles. The van der Waals surface area contributed by atoms with Crippen LogP contribution in [0.3, 0.4) is 0 Å². The van der Waals surface area contributed by atoms with Gasteiger partial charge >= 0.3 is 0 Å². The topological polar surface area (TPSA) is 100 Å². The van der Waals surface area contributed by atoms with Gasteiger partial charge in [0.05, 0.1) is 18.9 Å². The molecular formula is C25H31N5O3S. The third-order valence-electron chi connectivity index (χ3n) is 6.26. The van der Waals surface area contributed by atoms with Gasteiger partial charge in [0.25, 0.3) is 5.56 Å². The van der Waals surface area contributed by atoms with Crippen LogP contribution in [-0.4, -0.2) is 47.2 Å². The Morgan fingerprint density at radius 2 is 1.97 bits per heavy atom. The molecule has 1 aromatic carbocycles. The lowest BCUT2D eigenvalue weighted by atomic mass is 9.97. The summed E-state index contributed by atoms with van der Waals surface area (Å²) < 4.78 is 5.35. The number of aryl methyl sites for hydroxylation is 1. The van der Waals surface area contributed by atoms with Crippen molar-refractivity contribution in [2.24, 2.45) is 0 Å². The highest BCUT2D eigenvalue weighted by Gasteiger charge is 2.17. The first-order valence-corrected chi connectivity index (χ1v) is 12.6. The highest BCUT2D eigenvalue weighted by Crippen LogP contribution is 2.27. The van der Waals surface area contributed by atoms with Crippen LogP contribution in [0.2, 0.25) is 0 Å². The summed E-state index contributed by atoms with van der Waals surface area (Å²) in [6, 6.07) is 8.42. The number of H-pyrrole nitrogens is 1. The van der Waals surface area contributed by atoms with Crippen LogP contribution >= 0.6 is 11.3 Å². The maximum absolute atomic E-state index is 12.6. The number of hydrogen-bond donors (Lipinski definition) is 2. The molecular weight excluding hydrogens is 450 g/mol. The van der Waals surface area contributed by atoms with Crippen molar-refractivity contribution in [3.8, 4) is 11.3 Å². The summed E-state index contributed by atoms with van der Waals surface area (Å²) in [4.78, 5) is 39.1. The Labute approximate surface area is 203 Å². The molecule has 0 saturated carbocycles. The first-order chi connectivity index (χ1) is 16.4. The van der Waals surface area contributed by atoms with Crippen molar-refractivity contribution in [3.63, 3.8) is 0 Å². The van der Waals surface area contributed by atoms with Crippen LogP contribution in [0.25, 0.3) is 11.3 Å². The van der Waals surface area contributed by atoms with Crippen molar-refractivity contribution in [1.29, 1.82) is 0 Å². The third-order valence-corrected chi connectivity index (χ3v) is 7.02. The van der Waals surface area contributed by atoms with E-state index in [0.29, 0.717) is 61.0 Å². The SMILES string of the molecule is CC[C@H](C)c1ccc(-c2csc(NC(=O)CCc3c(C)nc(N4CCOCC4)[nH]c3=O)n2)cc1. The summed E-state index contributed by atoms with van der Waals surface area (Å²) in [5.41, 5.74) is 4.17. The second kappa shape index (κ2) is 10.9. The molecule has 0 unspecified atom stereocenters. The number of nitrogens with one attached hydrogen (secondary N) is 2. The predicted octanol–water partition coefficient (Wildman–Crippen LogP) is 4.12. The van der Waals surface area contributed by atoms with Gasteiger partial charge in [0, 0.05) is 41.7 Å². The molecule has 0 radical (unpaired) electrons. The van der Waals surface area contributed by atoms with Crippen LogP contribution < -0.4 is 15.8 Å². The number of ether oxygens (including phenoxy) is 1. The normalized spacial score (nSPS) is 14.7. The summed E-state index contributed by atoms with van der Waals surface area (Å²) >= 11 is 1.39. The number of hydrogen-bond acceptors (Lipinski definition) is 7. The number of amides is 1. The van der Waals surface area contributed by atoms with E-state index in [9.17, 15) is 9.59 Å². The fraction of sp³-hybridized carbons (Fsp3) is 0.440. The van der Waals surface area contributed by atoms with Crippen molar-refractivity contribution < 1.29 is 9.53 Å². The summed E-state index contributed by atoms with van der Waals surface area (Å²) in [6.45, 7) is 8.84. The summed E-state index contributed by atoms with van der Waals surface area (Å²) in [5.74, 6) is 0.913. The average Bonchev–Trinajstić information content (AvgIpc) is 3.32. The number of carbonyl (C=O) groups is 1. The Hall–Kier alpha value is -3.04. The van der Waals surface area contributed by atoms with Gasteiger partial charge in [0.1, 0.15) is 0 Å². The smallest absolute Gasteiger partial charge is 0.255 e. The lowest BCUT2D eigenvalue weighted by molar-refractivity contribution is -0.116. The van der Waals surface area contributed by atoms with Crippen LogP contribution in [0, 0.1) is 6.92 Å². The number of aromatic nitrogens is 3. The van der Waals surface area contributed by atoms with Crippen LogP contribution in [0.1, 0.15) is 49.4 Å². The van der Waals surface area contributed by atoms with E-state index in [1.54, 1.807) is 0 Å². The standard InChI is InChI=1S/C25H31N5O3S/c1-4-16(2)18-5-7-19(8-6-18)21-15-34-25(27-21)28-22(31)10-9-20-17(3)26-24(29-23(20)32)30-11-13-33-14-12-30/h5-8,15-16H,4,9-14H2,1-3H3,(H,26,29,32)(H,27,28,31)/t16-/m0/s1. The molecule has 34 heavy (non-hydrogen) atoms. The zero-order valence-corrected chi connectivity index (χ0v) is 20.7. The van der Waals surface area contributed by atoms with E-state index in [4.69, 9.17) is 4.74 Å². The van der Waals surface area contributed by atoms with Gasteiger partial charge in [-0.1, -0.05) is 38.1 Å². The fourth-order valence-electron chi connectivity index (χ4n) is 3.92. The van der Waals surface area contributed by atoms with Crippen molar-refractivity contribution in [3.05, 3.63) is 56.8 Å². The molecule has 8 nitrogen and oxygen atoms in total. The second-order valence-electron chi connectivity index (χ2n) is 8.57. The molecule has 1 atom stereocenters. The van der Waals surface area contributed by atoms with Gasteiger partial charge in [0.2, 0.25) is 11.9 Å². The van der Waals surface area contributed by atoms with E-state index >= 15 is 0 Å². The first-order valence-electron chi connectivity index (χ1n) is 11.7. The van der Waals surface area contributed by atoms with Crippen LogP contribution in [-0.2, 0) is 16.0 Å². The molecule has 1 aliphatic rings. The lowest BCUT2D eigenvalue weighted by Gasteiger charge is -2.27. The maximum atomic E-state index is 12.6. The monoisotopic (exact) mass is 481 g/mol. The van der Waals surface area contributed by atoms with Crippen molar-refractivity contribution >= 4 is 28.3 Å². The minimum absolute atomic E-state index is 0.177. The Morgan fingerprint density at radius 1 is 1.24 bits per heavy atom. The number of nitrogens with zero attached hydrogens (tertiary/aromatic N) is 3. The lowest BCUT2D eigenvalue weighted by Crippen LogP contribution is -2.38. The molecule has 1 fully saturated rings. The Balaban J connectivity index is 1.35. The molecule has 3 heterocycles. The van der Waals surface area contributed by atoms with Gasteiger partial charge in [-0.3, -0.25) is 14.6 Å². The third kappa shape index (κ3) is 5.71. The Morgan fingerprint density at radius 3 is 2.65 bits per heavy atom. The van der Waals surface area contributed by atoms with Crippen LogP contribution in [0.15, 0.2) is 34.4 Å². The molecule has 3 aromatic rings. The number of thiazole rings is 1. The van der Waals surface area contributed by atoms with E-state index < -0.39 is 0 Å². The average molecular weight is 482 g/mol. The van der Waals surface area contributed by atoms with Crippen molar-refractivity contribution in [2.75, 3.05) is 36.5 Å². The quantitative estimate of drug-likeness (QED) is 0.502. The summed E-state index contributed by atoms with van der Waals surface area (Å²) in [5, 5.41) is 5.35. The zero-order chi connectivity index (χ0) is 24.1. The minimum atomic E-state index is -0.195. The van der Waals surface area contributed by atoms with E-state index in [0.717, 1.165) is 17.7 Å². The summed E-state index contributed by atoms with van der Waals surface area (Å²) in [6.07, 6.45) is 1.60. The van der Waals surface area contributed by atoms with Gasteiger partial charge in [0.15, 0.2) is 5.13 Å². The molecule has 0 bridgehead atoms. The zero-order valence-electron chi connectivity index (χ0n) is 19.9. The first kappa shape index (κ1) is 24.1. The molecule has 4 rings (SSSR count). The number of aromatic amines is 1. The molecule has 9 heteroatoms. The Kier molecular flexibility index (Phi) is 7.74. The van der Waals surface area contributed by atoms with Gasteiger partial charge in [-0.2, -0.15) is 0 Å². The number of anilines is 2. The molecule has 2 N–H and O–H groups in total. The maximum Gasteiger partial charge on any atom is 0.255 e. The van der Waals surface area contributed by atoms with Gasteiger partial charge in [-0.05, 0) is 31.2 Å². The van der Waals surface area contributed by atoms with Crippen LogP contribution in [0.5, 0.6) is 0 Å². The van der Waals surface area contributed by atoms with Crippen molar-refractivity contribution in [1.82, 2.24) is 15.0 Å². The van der Waals surface area contributed by atoms with Gasteiger partial charge in [-0.15, -0.1) is 11.3 Å². The second-order valence-corrected chi connectivity index (χ2v) is 9.43. The van der Waals surface area contributed by atoms with Gasteiger partial charge < -0.3 is 15.0 Å². The molecule has 1 saturated heterocycles. The molecule has 2 aromatic heterocycles. The van der Waals surface area contributed by atoms with E-state index in [1.165, 1.54) is 16.9 Å². The molecule has 0 aliphatic carbocycles. The van der Waals surface area contributed by atoms with Gasteiger partial charge in [-0.25, -0.2) is 9.97 Å². The number of rotatable bonds is 8. The highest BCUT2D eigenvalue weighted by atomic mass is 32.1. The molecule has 1 amide bonds.